The lowest BCUT2D eigenvalue weighted by atomic mass is 9.90. The number of alkyl carbamates (subject to hydrolysis) is 1. The van der Waals surface area contributed by atoms with E-state index in [0.717, 1.165) is 21.7 Å². The summed E-state index contributed by atoms with van der Waals surface area (Å²) in [5, 5.41) is 9.11. The van der Waals surface area contributed by atoms with Crippen LogP contribution in [0.15, 0.2) is 48.5 Å². The fraction of sp³-hybridized carbons (Fsp3) is 0.441. The summed E-state index contributed by atoms with van der Waals surface area (Å²) >= 11 is 1.43. The second-order valence-electron chi connectivity index (χ2n) is 13.5. The molecule has 0 fully saturated rings. The van der Waals surface area contributed by atoms with Gasteiger partial charge in [0.05, 0.1) is 11.1 Å². The standard InChI is InChI=1S/C34H46N6O6S/c1-21(41)36-30-37-26(27(47-30)20-23-10-15-24(16-11-23)28(42)40(8)9)19-14-22-12-17-25(18-13-22)38-34(32(2,3)4,45-29(35)43)46-31(44)39-33(5,6)7/h10-13,15-18,38H,14,19-20H2,1-9H3,(H2,35,43)(H,39,44)(H,36,37,41). The SMILES string of the molecule is CC(=O)Nc1nc(CCc2ccc(NC(OC(N)=O)(OC(=O)NC(C)(C)C)C(C)(C)C)cc2)c(Cc2ccc(C(=O)N(C)C)cc2)s1. The summed E-state index contributed by atoms with van der Waals surface area (Å²) in [5.74, 6) is -2.17. The summed E-state index contributed by atoms with van der Waals surface area (Å²) in [7, 11) is 3.43. The van der Waals surface area contributed by atoms with Crippen molar-refractivity contribution in [2.45, 2.75) is 79.2 Å². The highest BCUT2D eigenvalue weighted by Gasteiger charge is 2.50. The van der Waals surface area contributed by atoms with Crippen LogP contribution in [0.2, 0.25) is 0 Å². The molecule has 3 aromatic rings. The normalized spacial score (nSPS) is 12.8. The summed E-state index contributed by atoms with van der Waals surface area (Å²) in [4.78, 5) is 56.0. The van der Waals surface area contributed by atoms with Crippen LogP contribution in [0.1, 0.15) is 80.5 Å². The predicted octanol–water partition coefficient (Wildman–Crippen LogP) is 5.91. The Bertz CT molecular complexity index is 1570. The molecule has 1 atom stereocenters. The predicted molar refractivity (Wildman–Crippen MR) is 183 cm³/mol. The van der Waals surface area contributed by atoms with Crippen LogP contribution in [-0.4, -0.2) is 59.4 Å². The molecule has 1 aromatic heterocycles. The van der Waals surface area contributed by atoms with Crippen LogP contribution in [0.4, 0.5) is 20.4 Å². The average Bonchev–Trinajstić information content (AvgIpc) is 3.30. The minimum atomic E-state index is -1.91. The second-order valence-corrected chi connectivity index (χ2v) is 14.6. The van der Waals surface area contributed by atoms with Crippen molar-refractivity contribution in [3.63, 3.8) is 0 Å². The molecule has 1 heterocycles. The maximum absolute atomic E-state index is 12.8. The Labute approximate surface area is 280 Å². The third kappa shape index (κ3) is 10.7. The number of nitrogens with zero attached hydrogens (tertiary/aromatic N) is 2. The summed E-state index contributed by atoms with van der Waals surface area (Å²) in [6, 6.07) is 14.9. The third-order valence-electron chi connectivity index (χ3n) is 6.89. The molecule has 0 saturated carbocycles. The first-order chi connectivity index (χ1) is 21.8. The summed E-state index contributed by atoms with van der Waals surface area (Å²) < 4.78 is 11.1. The fourth-order valence-electron chi connectivity index (χ4n) is 4.51. The lowest BCUT2D eigenvalue weighted by Crippen LogP contribution is -2.59. The van der Waals surface area contributed by atoms with Crippen LogP contribution >= 0.6 is 11.3 Å². The number of amides is 4. The van der Waals surface area contributed by atoms with E-state index < -0.39 is 29.1 Å². The smallest absolute Gasteiger partial charge is 0.387 e. The van der Waals surface area contributed by atoms with Gasteiger partial charge in [0.15, 0.2) is 5.13 Å². The van der Waals surface area contributed by atoms with Crippen LogP contribution in [0.3, 0.4) is 0 Å². The van der Waals surface area contributed by atoms with Gasteiger partial charge in [-0.1, -0.05) is 45.0 Å². The molecule has 1 unspecified atom stereocenters. The van der Waals surface area contributed by atoms with E-state index in [9.17, 15) is 19.2 Å². The van der Waals surface area contributed by atoms with E-state index in [1.807, 2.05) is 36.4 Å². The molecular formula is C34H46N6O6S. The van der Waals surface area contributed by atoms with Crippen molar-refractivity contribution in [3.05, 3.63) is 75.8 Å². The van der Waals surface area contributed by atoms with E-state index in [-0.39, 0.29) is 11.8 Å². The van der Waals surface area contributed by atoms with Crippen LogP contribution in [0, 0.1) is 5.41 Å². The van der Waals surface area contributed by atoms with Crippen LogP contribution in [-0.2, 0) is 33.5 Å². The molecule has 0 aliphatic rings. The molecule has 0 radical (unpaired) electrons. The average molecular weight is 667 g/mol. The van der Waals surface area contributed by atoms with Gasteiger partial charge in [-0.05, 0) is 69.0 Å². The number of hydrogen-bond acceptors (Lipinski definition) is 9. The highest BCUT2D eigenvalue weighted by Crippen LogP contribution is 2.37. The number of nitrogens with two attached hydrogens (primary N) is 1. The molecule has 0 saturated heterocycles. The van der Waals surface area contributed by atoms with Crippen molar-refractivity contribution < 1.29 is 28.7 Å². The molecule has 5 N–H and O–H groups in total. The van der Waals surface area contributed by atoms with Crippen molar-refractivity contribution in [1.29, 1.82) is 0 Å². The van der Waals surface area contributed by atoms with E-state index >= 15 is 0 Å². The van der Waals surface area contributed by atoms with Crippen molar-refractivity contribution in [2.24, 2.45) is 11.1 Å². The summed E-state index contributed by atoms with van der Waals surface area (Å²) in [6.07, 6.45) is -0.0257. The third-order valence-corrected chi connectivity index (χ3v) is 7.90. The number of ether oxygens (including phenoxy) is 2. The molecule has 0 aliphatic carbocycles. The van der Waals surface area contributed by atoms with Crippen molar-refractivity contribution in [3.8, 4) is 0 Å². The number of rotatable bonds is 11. The summed E-state index contributed by atoms with van der Waals surface area (Å²) in [5.41, 5.74) is 7.94. The molecule has 3 rings (SSSR count). The molecule has 0 bridgehead atoms. The summed E-state index contributed by atoms with van der Waals surface area (Å²) in [6.45, 7) is 12.1. The first-order valence-corrected chi connectivity index (χ1v) is 16.0. The van der Waals surface area contributed by atoms with Crippen molar-refractivity contribution in [2.75, 3.05) is 24.7 Å². The fourth-order valence-corrected chi connectivity index (χ4v) is 5.59. The second kappa shape index (κ2) is 14.8. The maximum Gasteiger partial charge on any atom is 0.412 e. The zero-order chi connectivity index (χ0) is 35.2. The number of benzene rings is 2. The Morgan fingerprint density at radius 3 is 1.98 bits per heavy atom. The first-order valence-electron chi connectivity index (χ1n) is 15.2. The zero-order valence-electron chi connectivity index (χ0n) is 28.6. The Morgan fingerprint density at radius 1 is 0.872 bits per heavy atom. The van der Waals surface area contributed by atoms with Gasteiger partial charge in [0.2, 0.25) is 5.91 Å². The molecule has 2 aromatic carbocycles. The molecule has 0 spiro atoms. The molecule has 47 heavy (non-hydrogen) atoms. The Morgan fingerprint density at radius 2 is 1.47 bits per heavy atom. The Balaban J connectivity index is 1.80. The number of thiazole rings is 1. The first kappa shape index (κ1) is 36.8. The van der Waals surface area contributed by atoms with Gasteiger partial charge >= 0.3 is 18.1 Å². The Hall–Kier alpha value is -4.65. The maximum atomic E-state index is 12.8. The van der Waals surface area contributed by atoms with Crippen LogP contribution < -0.4 is 21.7 Å². The minimum Gasteiger partial charge on any atom is -0.387 e. The molecule has 4 amide bonds. The Kier molecular flexibility index (Phi) is 11.6. The topological polar surface area (TPSA) is 165 Å². The van der Waals surface area contributed by atoms with Crippen LogP contribution in [0.25, 0.3) is 0 Å². The number of aryl methyl sites for hydroxylation is 2. The van der Waals surface area contributed by atoms with Crippen LogP contribution in [0.5, 0.6) is 0 Å². The van der Waals surface area contributed by atoms with Crippen molar-refractivity contribution in [1.82, 2.24) is 15.2 Å². The largest absolute Gasteiger partial charge is 0.412 e. The van der Waals surface area contributed by atoms with Gasteiger partial charge < -0.3 is 36.1 Å². The van der Waals surface area contributed by atoms with Gasteiger partial charge in [-0.2, -0.15) is 0 Å². The molecule has 0 aliphatic heterocycles. The number of anilines is 2. The van der Waals surface area contributed by atoms with Gasteiger partial charge in [-0.3, -0.25) is 9.59 Å². The lowest BCUT2D eigenvalue weighted by Gasteiger charge is -2.42. The van der Waals surface area contributed by atoms with E-state index in [1.165, 1.54) is 23.2 Å². The molecule has 13 heteroatoms. The van der Waals surface area contributed by atoms with Gasteiger partial charge in [-0.15, -0.1) is 11.3 Å². The number of carbonyl (C=O) groups excluding carboxylic acids is 4. The number of nitrogens with one attached hydrogen (secondary N) is 3. The van der Waals surface area contributed by atoms with Gasteiger partial charge in [0.25, 0.3) is 5.91 Å². The van der Waals surface area contributed by atoms with Gasteiger partial charge in [0, 0.05) is 49.1 Å². The van der Waals surface area contributed by atoms with Gasteiger partial charge in [-0.25, -0.2) is 14.6 Å². The van der Waals surface area contributed by atoms with E-state index in [0.29, 0.717) is 35.6 Å². The highest BCUT2D eigenvalue weighted by molar-refractivity contribution is 7.15. The van der Waals surface area contributed by atoms with E-state index in [2.05, 4.69) is 16.0 Å². The monoisotopic (exact) mass is 666 g/mol. The highest BCUT2D eigenvalue weighted by atomic mass is 32.1. The number of hydrogen-bond donors (Lipinski definition) is 4. The molecule has 254 valence electrons. The molecule has 12 nitrogen and oxygen atoms in total. The quantitative estimate of drug-likeness (QED) is 0.183. The lowest BCUT2D eigenvalue weighted by molar-refractivity contribution is -0.202. The minimum absolute atomic E-state index is 0.0627. The van der Waals surface area contributed by atoms with Crippen molar-refractivity contribution >= 4 is 46.2 Å². The molecular weight excluding hydrogens is 620 g/mol. The number of carbonyl (C=O) groups is 4. The van der Waals surface area contributed by atoms with E-state index in [1.54, 1.807) is 67.8 Å². The van der Waals surface area contributed by atoms with Gasteiger partial charge in [0.1, 0.15) is 0 Å². The van der Waals surface area contributed by atoms with E-state index in [4.69, 9.17) is 20.2 Å². The number of primary amides is 1. The number of aromatic nitrogens is 1. The zero-order valence-corrected chi connectivity index (χ0v) is 29.4.